The second-order valence-corrected chi connectivity index (χ2v) is 6.09. The largest absolute Gasteiger partial charge is 0.342 e. The maximum atomic E-state index is 12.8. The molecule has 0 spiro atoms. The second-order valence-electron chi connectivity index (χ2n) is 6.09. The number of piperidine rings is 1. The third-order valence-corrected chi connectivity index (χ3v) is 4.81. The lowest BCUT2D eigenvalue weighted by atomic mass is 9.90. The summed E-state index contributed by atoms with van der Waals surface area (Å²) in [6.45, 7) is 4.95. The van der Waals surface area contributed by atoms with Gasteiger partial charge in [0, 0.05) is 19.1 Å². The highest BCUT2D eigenvalue weighted by Gasteiger charge is 2.31. The molecule has 1 aromatic rings. The molecule has 3 heteroatoms. The van der Waals surface area contributed by atoms with Crippen LogP contribution in [0, 0.1) is 5.92 Å². The van der Waals surface area contributed by atoms with E-state index in [0.717, 1.165) is 45.3 Å². The molecule has 1 fully saturated rings. The maximum absolute atomic E-state index is 12.8. The lowest BCUT2D eigenvalue weighted by molar-refractivity contribution is -0.137. The first-order chi connectivity index (χ1) is 9.75. The summed E-state index contributed by atoms with van der Waals surface area (Å²) in [6.07, 6.45) is 4.15. The highest BCUT2D eigenvalue weighted by Crippen LogP contribution is 2.22. The third kappa shape index (κ3) is 2.73. The third-order valence-electron chi connectivity index (χ3n) is 4.81. The first kappa shape index (κ1) is 13.6. The topological polar surface area (TPSA) is 32.3 Å². The number of rotatable bonds is 1. The van der Waals surface area contributed by atoms with Crippen LogP contribution in [0.4, 0.5) is 0 Å². The normalized spacial score (nSPS) is 26.8. The molecule has 2 aliphatic rings. The molecule has 0 saturated carbocycles. The van der Waals surface area contributed by atoms with Crippen LogP contribution in [-0.2, 0) is 17.6 Å². The number of amides is 1. The van der Waals surface area contributed by atoms with E-state index in [1.54, 1.807) is 0 Å². The van der Waals surface area contributed by atoms with E-state index in [0.29, 0.717) is 11.9 Å². The smallest absolute Gasteiger partial charge is 0.227 e. The minimum absolute atomic E-state index is 0.171. The monoisotopic (exact) mass is 272 g/mol. The van der Waals surface area contributed by atoms with E-state index in [1.807, 2.05) is 0 Å². The minimum Gasteiger partial charge on any atom is -0.342 e. The quantitative estimate of drug-likeness (QED) is 0.848. The standard InChI is InChI=1S/C17H24N2O/c1-13-16(7-4-10-18-13)17(20)19-11-8-14-5-2-3-6-15(14)9-12-19/h2-3,5-6,13,16,18H,4,7-12H2,1H3. The van der Waals surface area contributed by atoms with Gasteiger partial charge in [-0.25, -0.2) is 0 Å². The Bertz CT molecular complexity index is 459. The molecule has 3 nitrogen and oxygen atoms in total. The summed E-state index contributed by atoms with van der Waals surface area (Å²) < 4.78 is 0. The number of hydrogen-bond donors (Lipinski definition) is 1. The van der Waals surface area contributed by atoms with Crippen molar-refractivity contribution in [1.82, 2.24) is 10.2 Å². The van der Waals surface area contributed by atoms with Crippen LogP contribution in [-0.4, -0.2) is 36.5 Å². The van der Waals surface area contributed by atoms with Crippen molar-refractivity contribution >= 4 is 5.91 Å². The average molecular weight is 272 g/mol. The minimum atomic E-state index is 0.171. The van der Waals surface area contributed by atoms with Gasteiger partial charge in [-0.1, -0.05) is 24.3 Å². The molecule has 2 heterocycles. The number of nitrogens with one attached hydrogen (secondary N) is 1. The summed E-state index contributed by atoms with van der Waals surface area (Å²) in [5.74, 6) is 0.530. The Balaban J connectivity index is 1.68. The van der Waals surface area contributed by atoms with Crippen LogP contribution in [0.2, 0.25) is 0 Å². The van der Waals surface area contributed by atoms with E-state index in [9.17, 15) is 4.79 Å². The molecular weight excluding hydrogens is 248 g/mol. The van der Waals surface area contributed by atoms with Gasteiger partial charge in [-0.2, -0.15) is 0 Å². The van der Waals surface area contributed by atoms with Crippen LogP contribution in [0.25, 0.3) is 0 Å². The number of fused-ring (bicyclic) bond motifs is 1. The first-order valence-corrected chi connectivity index (χ1v) is 7.84. The Morgan fingerprint density at radius 1 is 1.20 bits per heavy atom. The van der Waals surface area contributed by atoms with Crippen LogP contribution >= 0.6 is 0 Å². The van der Waals surface area contributed by atoms with Crippen molar-refractivity contribution in [3.63, 3.8) is 0 Å². The summed E-state index contributed by atoms with van der Waals surface area (Å²) in [5, 5.41) is 3.44. The SMILES string of the molecule is CC1NCCCC1C(=O)N1CCc2ccccc2CC1. The van der Waals surface area contributed by atoms with E-state index >= 15 is 0 Å². The van der Waals surface area contributed by atoms with Crippen LogP contribution in [0.1, 0.15) is 30.9 Å². The lowest BCUT2D eigenvalue weighted by Crippen LogP contribution is -2.48. The van der Waals surface area contributed by atoms with Gasteiger partial charge in [0.25, 0.3) is 0 Å². The van der Waals surface area contributed by atoms with E-state index in [1.165, 1.54) is 11.1 Å². The molecular formula is C17H24N2O. The molecule has 2 aliphatic heterocycles. The molecule has 20 heavy (non-hydrogen) atoms. The molecule has 1 aromatic carbocycles. The summed E-state index contributed by atoms with van der Waals surface area (Å²) >= 11 is 0. The second kappa shape index (κ2) is 5.96. The summed E-state index contributed by atoms with van der Waals surface area (Å²) in [4.78, 5) is 14.8. The molecule has 1 N–H and O–H groups in total. The van der Waals surface area contributed by atoms with Gasteiger partial charge in [0.15, 0.2) is 0 Å². The highest BCUT2D eigenvalue weighted by atomic mass is 16.2. The number of carbonyl (C=O) groups is 1. The van der Waals surface area contributed by atoms with Crippen molar-refractivity contribution in [2.75, 3.05) is 19.6 Å². The molecule has 0 radical (unpaired) electrons. The van der Waals surface area contributed by atoms with Gasteiger partial charge >= 0.3 is 0 Å². The van der Waals surface area contributed by atoms with Gasteiger partial charge < -0.3 is 10.2 Å². The Morgan fingerprint density at radius 2 is 1.85 bits per heavy atom. The van der Waals surface area contributed by atoms with E-state index < -0.39 is 0 Å². The number of nitrogens with zero attached hydrogens (tertiary/aromatic N) is 1. The molecule has 0 aromatic heterocycles. The maximum Gasteiger partial charge on any atom is 0.227 e. The van der Waals surface area contributed by atoms with Gasteiger partial charge in [-0.15, -0.1) is 0 Å². The average Bonchev–Trinajstić information content (AvgIpc) is 2.70. The van der Waals surface area contributed by atoms with Gasteiger partial charge in [-0.3, -0.25) is 4.79 Å². The Morgan fingerprint density at radius 3 is 2.45 bits per heavy atom. The van der Waals surface area contributed by atoms with Gasteiger partial charge in [0.2, 0.25) is 5.91 Å². The van der Waals surface area contributed by atoms with Crippen molar-refractivity contribution < 1.29 is 4.79 Å². The summed E-state index contributed by atoms with van der Waals surface area (Å²) in [6, 6.07) is 8.93. The number of benzene rings is 1. The van der Waals surface area contributed by atoms with E-state index in [-0.39, 0.29) is 5.92 Å². The Hall–Kier alpha value is -1.35. The summed E-state index contributed by atoms with van der Waals surface area (Å²) in [5.41, 5.74) is 2.83. The van der Waals surface area contributed by atoms with Crippen molar-refractivity contribution in [2.45, 2.75) is 38.6 Å². The Kier molecular flexibility index (Phi) is 4.06. The first-order valence-electron chi connectivity index (χ1n) is 7.84. The fraction of sp³-hybridized carbons (Fsp3) is 0.588. The van der Waals surface area contributed by atoms with E-state index in [2.05, 4.69) is 41.4 Å². The predicted octanol–water partition coefficient (Wildman–Crippen LogP) is 2.00. The lowest BCUT2D eigenvalue weighted by Gasteiger charge is -2.33. The zero-order valence-electron chi connectivity index (χ0n) is 12.3. The summed E-state index contributed by atoms with van der Waals surface area (Å²) in [7, 11) is 0. The van der Waals surface area contributed by atoms with Gasteiger partial charge in [0.05, 0.1) is 5.92 Å². The number of hydrogen-bond acceptors (Lipinski definition) is 2. The molecule has 108 valence electrons. The fourth-order valence-corrected chi connectivity index (χ4v) is 3.50. The zero-order valence-corrected chi connectivity index (χ0v) is 12.3. The van der Waals surface area contributed by atoms with Crippen LogP contribution < -0.4 is 5.32 Å². The molecule has 1 amide bonds. The molecule has 2 atom stereocenters. The molecule has 2 unspecified atom stereocenters. The predicted molar refractivity (Wildman–Crippen MR) is 80.6 cm³/mol. The fourth-order valence-electron chi connectivity index (χ4n) is 3.50. The molecule has 1 saturated heterocycles. The van der Waals surface area contributed by atoms with E-state index in [4.69, 9.17) is 0 Å². The van der Waals surface area contributed by atoms with Crippen LogP contribution in [0.3, 0.4) is 0 Å². The molecule has 0 aliphatic carbocycles. The van der Waals surface area contributed by atoms with Crippen molar-refractivity contribution in [2.24, 2.45) is 5.92 Å². The van der Waals surface area contributed by atoms with Crippen LogP contribution in [0.15, 0.2) is 24.3 Å². The highest BCUT2D eigenvalue weighted by molar-refractivity contribution is 5.79. The van der Waals surface area contributed by atoms with Crippen LogP contribution in [0.5, 0.6) is 0 Å². The zero-order chi connectivity index (χ0) is 13.9. The number of carbonyl (C=O) groups excluding carboxylic acids is 1. The van der Waals surface area contributed by atoms with Crippen molar-refractivity contribution in [3.8, 4) is 0 Å². The van der Waals surface area contributed by atoms with Gasteiger partial charge in [0.1, 0.15) is 0 Å². The van der Waals surface area contributed by atoms with Gasteiger partial charge in [-0.05, 0) is 50.3 Å². The molecule has 3 rings (SSSR count). The van der Waals surface area contributed by atoms with Crippen molar-refractivity contribution in [1.29, 1.82) is 0 Å². The molecule has 0 bridgehead atoms. The van der Waals surface area contributed by atoms with Crippen molar-refractivity contribution in [3.05, 3.63) is 35.4 Å². The Labute approximate surface area is 121 Å².